The maximum atomic E-state index is 10.3. The van der Waals surface area contributed by atoms with Gasteiger partial charge in [0.1, 0.15) is 0 Å². The lowest BCUT2D eigenvalue weighted by Gasteiger charge is -1.88. The predicted octanol–water partition coefficient (Wildman–Crippen LogP) is 1.82. The summed E-state index contributed by atoms with van der Waals surface area (Å²) in [7, 11) is 0. The van der Waals surface area contributed by atoms with Crippen LogP contribution in [0, 0.1) is 6.92 Å². The Morgan fingerprint density at radius 2 is 2.54 bits per heavy atom. The van der Waals surface area contributed by atoms with Crippen molar-refractivity contribution in [3.05, 3.63) is 20.3 Å². The number of thiophene rings is 1. The fraction of sp³-hybridized carbons (Fsp3) is 0.143. The van der Waals surface area contributed by atoms with Gasteiger partial charge in [-0.05, 0) is 34.5 Å². The van der Waals surface area contributed by atoms with E-state index in [1.807, 2.05) is 13.0 Å². The van der Waals surface area contributed by atoms with Gasteiger partial charge in [-0.3, -0.25) is 0 Å². The van der Waals surface area contributed by atoms with E-state index in [0.29, 0.717) is 0 Å². The molecule has 0 aliphatic heterocycles. The quantitative estimate of drug-likeness (QED) is 0.619. The number of primary amides is 1. The van der Waals surface area contributed by atoms with Crippen LogP contribution in [-0.2, 0) is 0 Å². The molecule has 70 valence electrons. The molecule has 0 fully saturated rings. The molecule has 1 aromatic heterocycles. The second kappa shape index (κ2) is 4.38. The number of hydrazone groups is 1. The van der Waals surface area contributed by atoms with Crippen molar-refractivity contribution < 1.29 is 4.79 Å². The summed E-state index contributed by atoms with van der Waals surface area (Å²) in [5.74, 6) is 0. The summed E-state index contributed by atoms with van der Waals surface area (Å²) < 4.78 is 1.06. The van der Waals surface area contributed by atoms with E-state index in [1.165, 1.54) is 0 Å². The van der Waals surface area contributed by atoms with Crippen molar-refractivity contribution in [3.63, 3.8) is 0 Å². The molecule has 4 nitrogen and oxygen atoms in total. The lowest BCUT2D eigenvalue weighted by atomic mass is 10.3. The lowest BCUT2D eigenvalue weighted by molar-refractivity contribution is 0.249. The van der Waals surface area contributed by atoms with Gasteiger partial charge in [-0.15, -0.1) is 11.3 Å². The Morgan fingerprint density at radius 3 is 3.00 bits per heavy atom. The minimum Gasteiger partial charge on any atom is -0.350 e. The molecule has 0 spiro atoms. The van der Waals surface area contributed by atoms with E-state index < -0.39 is 6.03 Å². The monoisotopic (exact) mass is 261 g/mol. The molecule has 0 radical (unpaired) electrons. The molecule has 0 atom stereocenters. The van der Waals surface area contributed by atoms with Crippen molar-refractivity contribution in [1.29, 1.82) is 0 Å². The zero-order valence-corrected chi connectivity index (χ0v) is 9.28. The number of urea groups is 1. The number of amides is 2. The van der Waals surface area contributed by atoms with E-state index in [4.69, 9.17) is 5.73 Å². The number of nitrogens with two attached hydrogens (primary N) is 1. The van der Waals surface area contributed by atoms with Crippen molar-refractivity contribution in [2.24, 2.45) is 10.8 Å². The Hall–Kier alpha value is -0.880. The summed E-state index contributed by atoms with van der Waals surface area (Å²) in [6, 6.07) is 1.30. The first-order valence-corrected chi connectivity index (χ1v) is 5.05. The summed E-state index contributed by atoms with van der Waals surface area (Å²) in [6.45, 7) is 1.99. The van der Waals surface area contributed by atoms with Crippen LogP contribution in [0.5, 0.6) is 0 Å². The van der Waals surface area contributed by atoms with Crippen LogP contribution in [0.25, 0.3) is 0 Å². The molecule has 0 saturated heterocycles. The maximum Gasteiger partial charge on any atom is 0.332 e. The molecule has 13 heavy (non-hydrogen) atoms. The number of carbonyl (C=O) groups is 1. The fourth-order valence-corrected chi connectivity index (χ4v) is 2.15. The van der Waals surface area contributed by atoms with E-state index in [1.54, 1.807) is 17.6 Å². The first-order valence-electron chi connectivity index (χ1n) is 3.44. The van der Waals surface area contributed by atoms with Gasteiger partial charge in [-0.1, -0.05) is 0 Å². The molecule has 2 amide bonds. The third-order valence-electron chi connectivity index (χ3n) is 1.24. The maximum absolute atomic E-state index is 10.3. The van der Waals surface area contributed by atoms with Gasteiger partial charge in [0, 0.05) is 4.88 Å². The molecule has 1 heterocycles. The molecule has 0 aliphatic rings. The van der Waals surface area contributed by atoms with E-state index in [9.17, 15) is 4.79 Å². The van der Waals surface area contributed by atoms with E-state index in [0.717, 1.165) is 14.2 Å². The van der Waals surface area contributed by atoms with Gasteiger partial charge >= 0.3 is 6.03 Å². The van der Waals surface area contributed by atoms with Crippen molar-refractivity contribution in [2.75, 3.05) is 0 Å². The van der Waals surface area contributed by atoms with E-state index in [-0.39, 0.29) is 0 Å². The smallest absolute Gasteiger partial charge is 0.332 e. The molecule has 0 unspecified atom stereocenters. The highest BCUT2D eigenvalue weighted by molar-refractivity contribution is 9.11. The van der Waals surface area contributed by atoms with Gasteiger partial charge in [-0.2, -0.15) is 5.10 Å². The number of carbonyl (C=O) groups excluding carboxylic acids is 1. The van der Waals surface area contributed by atoms with Gasteiger partial charge < -0.3 is 5.73 Å². The number of aryl methyl sites for hydroxylation is 1. The van der Waals surface area contributed by atoms with E-state index in [2.05, 4.69) is 26.5 Å². The highest BCUT2D eigenvalue weighted by atomic mass is 79.9. The van der Waals surface area contributed by atoms with Gasteiger partial charge in [0.2, 0.25) is 0 Å². The molecular formula is C7H8BrN3OS. The molecule has 1 rings (SSSR count). The Balaban J connectivity index is 2.64. The van der Waals surface area contributed by atoms with Crippen LogP contribution in [-0.4, -0.2) is 12.2 Å². The number of hydrogen-bond acceptors (Lipinski definition) is 3. The summed E-state index contributed by atoms with van der Waals surface area (Å²) in [5.41, 5.74) is 8.09. The largest absolute Gasteiger partial charge is 0.350 e. The minimum atomic E-state index is -0.663. The first-order chi connectivity index (χ1) is 6.09. The number of rotatable bonds is 2. The standard InChI is InChI=1S/C7H8BrN3OS/c1-4-2-5(13-6(4)8)3-10-11-7(9)12/h2-3H,1H3,(H3,9,11,12)/b10-3+. The number of nitrogens with zero attached hydrogens (tertiary/aromatic N) is 1. The highest BCUT2D eigenvalue weighted by Crippen LogP contribution is 2.25. The summed E-state index contributed by atoms with van der Waals surface area (Å²) >= 11 is 4.92. The average Bonchev–Trinajstić information content (AvgIpc) is 2.30. The number of halogens is 1. The molecule has 0 aromatic carbocycles. The van der Waals surface area contributed by atoms with Crippen molar-refractivity contribution in [2.45, 2.75) is 6.92 Å². The van der Waals surface area contributed by atoms with Gasteiger partial charge in [0.05, 0.1) is 10.0 Å². The Kier molecular flexibility index (Phi) is 3.44. The zero-order chi connectivity index (χ0) is 9.84. The molecule has 6 heteroatoms. The van der Waals surface area contributed by atoms with Crippen LogP contribution in [0.1, 0.15) is 10.4 Å². The first kappa shape index (κ1) is 10.2. The fourth-order valence-electron chi connectivity index (χ4n) is 0.707. The Bertz CT molecular complexity index is 328. The SMILES string of the molecule is Cc1cc(/C=N/NC(N)=O)sc1Br. The molecule has 3 N–H and O–H groups in total. The molecule has 1 aromatic rings. The summed E-state index contributed by atoms with van der Waals surface area (Å²) in [5, 5.41) is 3.64. The second-order valence-corrected chi connectivity index (χ2v) is 4.74. The van der Waals surface area contributed by atoms with Crippen LogP contribution in [0.4, 0.5) is 4.79 Å². The zero-order valence-electron chi connectivity index (χ0n) is 6.87. The summed E-state index contributed by atoms with van der Waals surface area (Å²) in [4.78, 5) is 11.2. The van der Waals surface area contributed by atoms with E-state index >= 15 is 0 Å². The second-order valence-electron chi connectivity index (χ2n) is 2.34. The van der Waals surface area contributed by atoms with Crippen LogP contribution in [0.3, 0.4) is 0 Å². The van der Waals surface area contributed by atoms with Gasteiger partial charge in [0.25, 0.3) is 0 Å². The molecule has 0 saturated carbocycles. The van der Waals surface area contributed by atoms with Crippen LogP contribution in [0.15, 0.2) is 15.0 Å². The molecule has 0 aliphatic carbocycles. The number of nitrogens with one attached hydrogen (secondary N) is 1. The van der Waals surface area contributed by atoms with Crippen LogP contribution in [0.2, 0.25) is 0 Å². The normalized spacial score (nSPS) is 10.6. The van der Waals surface area contributed by atoms with Crippen molar-refractivity contribution in [3.8, 4) is 0 Å². The molecule has 0 bridgehead atoms. The van der Waals surface area contributed by atoms with Gasteiger partial charge in [0.15, 0.2) is 0 Å². The Labute approximate surface area is 88.0 Å². The highest BCUT2D eigenvalue weighted by Gasteiger charge is 1.99. The van der Waals surface area contributed by atoms with Crippen LogP contribution < -0.4 is 11.2 Å². The van der Waals surface area contributed by atoms with Crippen molar-refractivity contribution in [1.82, 2.24) is 5.43 Å². The third kappa shape index (κ3) is 3.16. The average molecular weight is 262 g/mol. The predicted molar refractivity (Wildman–Crippen MR) is 57.1 cm³/mol. The topological polar surface area (TPSA) is 67.5 Å². The minimum absolute atomic E-state index is 0.663. The van der Waals surface area contributed by atoms with Crippen LogP contribution >= 0.6 is 27.3 Å². The third-order valence-corrected chi connectivity index (χ3v) is 3.31. The molecular weight excluding hydrogens is 254 g/mol. The van der Waals surface area contributed by atoms with Gasteiger partial charge in [-0.25, -0.2) is 10.2 Å². The summed E-state index contributed by atoms with van der Waals surface area (Å²) in [6.07, 6.45) is 1.55. The lowest BCUT2D eigenvalue weighted by Crippen LogP contribution is -2.24. The Morgan fingerprint density at radius 1 is 1.85 bits per heavy atom. The van der Waals surface area contributed by atoms with Crippen molar-refractivity contribution >= 4 is 39.5 Å². The number of hydrogen-bond donors (Lipinski definition) is 2.